The van der Waals surface area contributed by atoms with Crippen LogP contribution in [0.15, 0.2) is 18.6 Å². The first-order chi connectivity index (χ1) is 7.55. The van der Waals surface area contributed by atoms with Gasteiger partial charge < -0.3 is 4.90 Å². The van der Waals surface area contributed by atoms with Crippen molar-refractivity contribution in [2.45, 2.75) is 11.7 Å². The summed E-state index contributed by atoms with van der Waals surface area (Å²) in [6.07, 6.45) is 5.78. The lowest BCUT2D eigenvalue weighted by molar-refractivity contribution is 0.186. The predicted octanol–water partition coefficient (Wildman–Crippen LogP) is -1.01. The molecule has 0 radical (unpaired) electrons. The first-order valence-electron chi connectivity index (χ1n) is 5.04. The van der Waals surface area contributed by atoms with Gasteiger partial charge in [-0.15, -0.1) is 0 Å². The minimum Gasteiger partial charge on any atom is -0.300 e. The Hall–Kier alpha value is -1.05. The summed E-state index contributed by atoms with van der Waals surface area (Å²) in [7, 11) is -3.35. The molecule has 1 aromatic heterocycles. The predicted molar refractivity (Wildman–Crippen MR) is 59.1 cm³/mol. The lowest BCUT2D eigenvalue weighted by Gasteiger charge is -2.37. The first kappa shape index (κ1) is 11.4. The van der Waals surface area contributed by atoms with Crippen LogP contribution in [-0.2, 0) is 16.4 Å². The Bertz CT molecular complexity index is 442. The lowest BCUT2D eigenvalue weighted by atomic mass is 10.2. The third kappa shape index (κ3) is 2.75. The molecular formula is C9H14N4O2S. The largest absolute Gasteiger partial charge is 0.300 e. The molecule has 0 aliphatic carbocycles. The molecule has 1 aliphatic heterocycles. The maximum atomic E-state index is 11.0. The topological polar surface area (TPSA) is 89.2 Å². The number of rotatable bonds is 4. The molecule has 7 heteroatoms. The van der Waals surface area contributed by atoms with Gasteiger partial charge in [-0.1, -0.05) is 0 Å². The summed E-state index contributed by atoms with van der Waals surface area (Å²) < 4.78 is 21.9. The molecule has 16 heavy (non-hydrogen) atoms. The van der Waals surface area contributed by atoms with Crippen molar-refractivity contribution in [1.82, 2.24) is 14.9 Å². The summed E-state index contributed by atoms with van der Waals surface area (Å²) in [5, 5.41) is 4.64. The highest BCUT2D eigenvalue weighted by Crippen LogP contribution is 2.13. The summed E-state index contributed by atoms with van der Waals surface area (Å²) in [6, 6.07) is 0. The van der Waals surface area contributed by atoms with E-state index in [2.05, 4.69) is 9.97 Å². The molecule has 2 heterocycles. The maximum Gasteiger partial charge on any atom is 0.214 e. The number of hydrogen-bond acceptors (Lipinski definition) is 5. The van der Waals surface area contributed by atoms with Gasteiger partial charge in [-0.2, -0.15) is 0 Å². The van der Waals surface area contributed by atoms with Crippen LogP contribution in [0.2, 0.25) is 0 Å². The van der Waals surface area contributed by atoms with Crippen LogP contribution in [0.1, 0.15) is 5.69 Å². The van der Waals surface area contributed by atoms with Crippen LogP contribution in [-0.4, -0.2) is 48.2 Å². The number of nitrogens with two attached hydrogens (primary N) is 1. The molecule has 6 nitrogen and oxygen atoms in total. The fraction of sp³-hybridized carbons (Fsp3) is 0.556. The molecule has 0 aromatic carbocycles. The number of primary sulfonamides is 1. The number of hydrogen-bond donors (Lipinski definition) is 1. The van der Waals surface area contributed by atoms with Gasteiger partial charge in [-0.05, 0) is 0 Å². The smallest absolute Gasteiger partial charge is 0.214 e. The van der Waals surface area contributed by atoms with Crippen molar-refractivity contribution >= 4 is 10.0 Å². The molecule has 1 aliphatic rings. The Morgan fingerprint density at radius 1 is 1.44 bits per heavy atom. The van der Waals surface area contributed by atoms with E-state index in [-0.39, 0.29) is 0 Å². The number of likely N-dealkylation sites (tertiary alicyclic amines) is 1. The van der Waals surface area contributed by atoms with E-state index < -0.39 is 15.3 Å². The van der Waals surface area contributed by atoms with Gasteiger partial charge in [0.1, 0.15) is 5.25 Å². The molecule has 0 atom stereocenters. The second-order valence-corrected chi connectivity index (χ2v) is 5.76. The van der Waals surface area contributed by atoms with Gasteiger partial charge in [0.15, 0.2) is 0 Å². The van der Waals surface area contributed by atoms with Crippen molar-refractivity contribution in [2.75, 3.05) is 19.6 Å². The van der Waals surface area contributed by atoms with Crippen LogP contribution in [0.25, 0.3) is 0 Å². The third-order valence-corrected chi connectivity index (χ3v) is 3.92. The second-order valence-electron chi connectivity index (χ2n) is 3.92. The summed E-state index contributed by atoms with van der Waals surface area (Å²) >= 11 is 0. The number of sulfonamides is 1. The van der Waals surface area contributed by atoms with E-state index in [1.165, 1.54) is 0 Å². The molecule has 1 aromatic rings. The van der Waals surface area contributed by atoms with E-state index in [1.54, 1.807) is 18.6 Å². The Kier molecular flexibility index (Phi) is 3.17. The summed E-state index contributed by atoms with van der Waals surface area (Å²) in [6.45, 7) is 1.85. The van der Waals surface area contributed by atoms with Crippen molar-refractivity contribution in [3.8, 4) is 0 Å². The van der Waals surface area contributed by atoms with Gasteiger partial charge in [0, 0.05) is 44.6 Å². The van der Waals surface area contributed by atoms with Gasteiger partial charge in [-0.3, -0.25) is 9.97 Å². The molecule has 88 valence electrons. The zero-order chi connectivity index (χ0) is 11.6. The fourth-order valence-electron chi connectivity index (χ4n) is 1.64. The van der Waals surface area contributed by atoms with Crippen molar-refractivity contribution in [3.05, 3.63) is 24.3 Å². The summed E-state index contributed by atoms with van der Waals surface area (Å²) in [4.78, 5) is 10.2. The van der Waals surface area contributed by atoms with E-state index in [0.29, 0.717) is 13.1 Å². The SMILES string of the molecule is NS(=O)(=O)C1CN(CCc2cnccn2)C1. The average Bonchev–Trinajstić information content (AvgIpc) is 2.15. The molecule has 1 saturated heterocycles. The van der Waals surface area contributed by atoms with E-state index in [4.69, 9.17) is 5.14 Å². The standard InChI is InChI=1S/C9H14N4O2S/c10-16(14,15)9-6-13(7-9)4-1-8-5-11-2-3-12-8/h2-3,5,9H,1,4,6-7H2,(H2,10,14,15). The maximum absolute atomic E-state index is 11.0. The van der Waals surface area contributed by atoms with Crippen LogP contribution in [0, 0.1) is 0 Å². The lowest BCUT2D eigenvalue weighted by Crippen LogP contribution is -2.56. The quantitative estimate of drug-likeness (QED) is 0.731. The monoisotopic (exact) mass is 242 g/mol. The molecular weight excluding hydrogens is 228 g/mol. The average molecular weight is 242 g/mol. The molecule has 0 bridgehead atoms. The number of nitrogens with zero attached hydrogens (tertiary/aromatic N) is 3. The number of aromatic nitrogens is 2. The van der Waals surface area contributed by atoms with E-state index in [1.807, 2.05) is 4.90 Å². The highest BCUT2D eigenvalue weighted by atomic mass is 32.2. The zero-order valence-electron chi connectivity index (χ0n) is 8.78. The second kappa shape index (κ2) is 4.44. The Morgan fingerprint density at radius 3 is 2.75 bits per heavy atom. The fourth-order valence-corrected chi connectivity index (χ4v) is 2.48. The Morgan fingerprint density at radius 2 is 2.19 bits per heavy atom. The van der Waals surface area contributed by atoms with E-state index in [9.17, 15) is 8.42 Å². The van der Waals surface area contributed by atoms with Crippen LogP contribution < -0.4 is 5.14 Å². The van der Waals surface area contributed by atoms with E-state index in [0.717, 1.165) is 18.7 Å². The van der Waals surface area contributed by atoms with Gasteiger partial charge in [0.25, 0.3) is 0 Å². The highest BCUT2D eigenvalue weighted by molar-refractivity contribution is 7.89. The normalized spacial score (nSPS) is 18.3. The molecule has 2 N–H and O–H groups in total. The molecule has 0 spiro atoms. The highest BCUT2D eigenvalue weighted by Gasteiger charge is 2.34. The van der Waals surface area contributed by atoms with Crippen LogP contribution in [0.4, 0.5) is 0 Å². The van der Waals surface area contributed by atoms with Crippen molar-refractivity contribution < 1.29 is 8.42 Å². The van der Waals surface area contributed by atoms with Gasteiger partial charge in [0.05, 0.1) is 5.69 Å². The van der Waals surface area contributed by atoms with Crippen LogP contribution >= 0.6 is 0 Å². The molecule has 1 fully saturated rings. The minimum absolute atomic E-state index is 0.394. The summed E-state index contributed by atoms with van der Waals surface area (Å²) in [5.74, 6) is 0. The first-order valence-corrected chi connectivity index (χ1v) is 6.65. The molecule has 2 rings (SSSR count). The summed E-state index contributed by atoms with van der Waals surface area (Å²) in [5.41, 5.74) is 0.918. The van der Waals surface area contributed by atoms with Crippen molar-refractivity contribution in [2.24, 2.45) is 5.14 Å². The third-order valence-electron chi connectivity index (χ3n) is 2.69. The minimum atomic E-state index is -3.35. The Labute approximate surface area is 94.6 Å². The van der Waals surface area contributed by atoms with Crippen LogP contribution in [0.3, 0.4) is 0 Å². The van der Waals surface area contributed by atoms with Crippen molar-refractivity contribution in [3.63, 3.8) is 0 Å². The van der Waals surface area contributed by atoms with Crippen molar-refractivity contribution in [1.29, 1.82) is 0 Å². The molecule has 0 unspecified atom stereocenters. The molecule has 0 amide bonds. The van der Waals surface area contributed by atoms with Crippen LogP contribution in [0.5, 0.6) is 0 Å². The van der Waals surface area contributed by atoms with Gasteiger partial charge >= 0.3 is 0 Å². The van der Waals surface area contributed by atoms with E-state index >= 15 is 0 Å². The Balaban J connectivity index is 1.75. The van der Waals surface area contributed by atoms with Gasteiger partial charge in [0.2, 0.25) is 10.0 Å². The zero-order valence-corrected chi connectivity index (χ0v) is 9.60. The van der Waals surface area contributed by atoms with Gasteiger partial charge in [-0.25, -0.2) is 13.6 Å². The molecule has 0 saturated carbocycles.